The van der Waals surface area contributed by atoms with Crippen LogP contribution in [-0.4, -0.2) is 29.9 Å². The molecule has 2 aliphatic rings. The van der Waals surface area contributed by atoms with Crippen LogP contribution in [0.4, 0.5) is 0 Å². The molecule has 1 saturated carbocycles. The third-order valence-corrected chi connectivity index (χ3v) is 2.69. The first-order valence-corrected chi connectivity index (χ1v) is 4.31. The van der Waals surface area contributed by atoms with E-state index in [4.69, 9.17) is 5.73 Å². The average molecular weight is 154 g/mol. The molecular weight excluding hydrogens is 140 g/mol. The van der Waals surface area contributed by atoms with Gasteiger partial charge in [0.15, 0.2) is 0 Å². The van der Waals surface area contributed by atoms with Crippen LogP contribution < -0.4 is 5.73 Å². The van der Waals surface area contributed by atoms with Crippen molar-refractivity contribution in [3.63, 3.8) is 0 Å². The van der Waals surface area contributed by atoms with Gasteiger partial charge in [0.25, 0.3) is 0 Å². The number of amides is 1. The first kappa shape index (κ1) is 7.10. The van der Waals surface area contributed by atoms with E-state index >= 15 is 0 Å². The number of primary amides is 1. The van der Waals surface area contributed by atoms with Gasteiger partial charge in [-0.25, -0.2) is 0 Å². The van der Waals surface area contributed by atoms with Crippen LogP contribution in [0.2, 0.25) is 0 Å². The number of nitrogens with two attached hydrogens (primary N) is 1. The maximum absolute atomic E-state index is 10.8. The monoisotopic (exact) mass is 154 g/mol. The number of rotatable bonds is 2. The van der Waals surface area contributed by atoms with Crippen molar-refractivity contribution in [1.82, 2.24) is 4.90 Å². The molecule has 0 spiro atoms. The van der Waals surface area contributed by atoms with E-state index < -0.39 is 0 Å². The van der Waals surface area contributed by atoms with Crippen LogP contribution >= 0.6 is 0 Å². The smallest absolute Gasteiger partial charge is 0.221 e. The zero-order chi connectivity index (χ0) is 7.84. The third-order valence-electron chi connectivity index (χ3n) is 2.69. The van der Waals surface area contributed by atoms with E-state index in [0.717, 1.165) is 25.6 Å². The van der Waals surface area contributed by atoms with Crippen molar-refractivity contribution < 1.29 is 4.79 Å². The molecular formula is C8H14N2O. The number of hydrogen-bond donors (Lipinski definition) is 1. The second-order valence-corrected chi connectivity index (χ2v) is 3.61. The first-order chi connectivity index (χ1) is 5.27. The zero-order valence-electron chi connectivity index (χ0n) is 6.62. The summed E-state index contributed by atoms with van der Waals surface area (Å²) in [5.74, 6) is 0.0174. The van der Waals surface area contributed by atoms with Gasteiger partial charge >= 0.3 is 0 Å². The van der Waals surface area contributed by atoms with Crippen molar-refractivity contribution in [1.29, 1.82) is 0 Å². The van der Waals surface area contributed by atoms with E-state index in [1.807, 2.05) is 0 Å². The Morgan fingerprint density at radius 2 is 2.09 bits per heavy atom. The van der Waals surface area contributed by atoms with Crippen molar-refractivity contribution in [2.45, 2.75) is 25.3 Å². The summed E-state index contributed by atoms with van der Waals surface area (Å²) in [5.41, 5.74) is 5.21. The van der Waals surface area contributed by atoms with Crippen LogP contribution in [0.15, 0.2) is 0 Å². The molecule has 3 nitrogen and oxygen atoms in total. The molecule has 2 rings (SSSR count). The lowest BCUT2D eigenvalue weighted by molar-refractivity contribution is -0.121. The number of nitrogens with zero attached hydrogens (tertiary/aromatic N) is 1. The Morgan fingerprint density at radius 3 is 2.55 bits per heavy atom. The molecule has 0 aromatic carbocycles. The summed E-state index contributed by atoms with van der Waals surface area (Å²) in [6, 6.07) is 0.791. The molecule has 1 aliphatic carbocycles. The molecule has 0 bridgehead atoms. The molecule has 1 amide bonds. The highest BCUT2D eigenvalue weighted by Gasteiger charge is 2.35. The lowest BCUT2D eigenvalue weighted by atomic mass is 10.1. The largest absolute Gasteiger partial charge is 0.369 e. The minimum Gasteiger partial charge on any atom is -0.369 e. The van der Waals surface area contributed by atoms with Gasteiger partial charge in [-0.05, 0) is 25.8 Å². The predicted molar refractivity (Wildman–Crippen MR) is 41.9 cm³/mol. The highest BCUT2D eigenvalue weighted by atomic mass is 16.1. The Hall–Kier alpha value is -0.570. The molecule has 0 aromatic rings. The van der Waals surface area contributed by atoms with Crippen LogP contribution in [0, 0.1) is 5.92 Å². The van der Waals surface area contributed by atoms with Crippen LogP contribution in [-0.2, 0) is 4.79 Å². The Labute approximate surface area is 66.5 Å². The minimum atomic E-state index is -0.117. The highest BCUT2D eigenvalue weighted by molar-refractivity contribution is 5.77. The standard InChI is InChI=1S/C8H14N2O/c9-8(11)6-3-4-10(5-6)7-1-2-7/h6-7H,1-5H2,(H2,9,11). The molecule has 11 heavy (non-hydrogen) atoms. The summed E-state index contributed by atoms with van der Waals surface area (Å²) < 4.78 is 0. The molecule has 1 saturated heterocycles. The second kappa shape index (κ2) is 2.48. The summed E-state index contributed by atoms with van der Waals surface area (Å²) in [4.78, 5) is 13.2. The Bertz CT molecular complexity index is 177. The summed E-state index contributed by atoms with van der Waals surface area (Å²) >= 11 is 0. The van der Waals surface area contributed by atoms with Crippen LogP contribution in [0.1, 0.15) is 19.3 Å². The molecule has 1 heterocycles. The number of likely N-dealkylation sites (tertiary alicyclic amines) is 1. The van der Waals surface area contributed by atoms with E-state index in [9.17, 15) is 4.79 Å². The summed E-state index contributed by atoms with van der Waals surface area (Å²) in [6.07, 6.45) is 3.63. The van der Waals surface area contributed by atoms with Gasteiger partial charge in [0.05, 0.1) is 5.92 Å². The second-order valence-electron chi connectivity index (χ2n) is 3.61. The Balaban J connectivity index is 1.87. The van der Waals surface area contributed by atoms with Crippen molar-refractivity contribution in [2.75, 3.05) is 13.1 Å². The van der Waals surface area contributed by atoms with E-state index in [-0.39, 0.29) is 11.8 Å². The van der Waals surface area contributed by atoms with Gasteiger partial charge in [0.2, 0.25) is 5.91 Å². The SMILES string of the molecule is NC(=O)C1CCN(C2CC2)C1. The molecule has 1 unspecified atom stereocenters. The van der Waals surface area contributed by atoms with Gasteiger partial charge in [0, 0.05) is 12.6 Å². The molecule has 1 atom stereocenters. The van der Waals surface area contributed by atoms with Gasteiger partial charge in [-0.1, -0.05) is 0 Å². The van der Waals surface area contributed by atoms with E-state index in [1.54, 1.807) is 0 Å². The summed E-state index contributed by atoms with van der Waals surface area (Å²) in [5, 5.41) is 0. The lowest BCUT2D eigenvalue weighted by Gasteiger charge is -2.12. The maximum Gasteiger partial charge on any atom is 0.221 e. The molecule has 3 heteroatoms. The molecule has 2 N–H and O–H groups in total. The molecule has 2 fully saturated rings. The fourth-order valence-electron chi connectivity index (χ4n) is 1.79. The van der Waals surface area contributed by atoms with Gasteiger partial charge in [-0.2, -0.15) is 0 Å². The zero-order valence-corrected chi connectivity index (χ0v) is 6.62. The molecule has 0 radical (unpaired) electrons. The van der Waals surface area contributed by atoms with Crippen LogP contribution in [0.5, 0.6) is 0 Å². The van der Waals surface area contributed by atoms with Gasteiger partial charge in [-0.3, -0.25) is 9.69 Å². The van der Waals surface area contributed by atoms with Crippen molar-refractivity contribution in [3.8, 4) is 0 Å². The maximum atomic E-state index is 10.8. The van der Waals surface area contributed by atoms with E-state index in [2.05, 4.69) is 4.90 Å². The molecule has 1 aliphatic heterocycles. The average Bonchev–Trinajstić information content (AvgIpc) is 2.68. The summed E-state index contributed by atoms with van der Waals surface area (Å²) in [6.45, 7) is 2.00. The fraction of sp³-hybridized carbons (Fsp3) is 0.875. The Kier molecular flexibility index (Phi) is 1.60. The van der Waals surface area contributed by atoms with Crippen molar-refractivity contribution >= 4 is 5.91 Å². The fourth-order valence-corrected chi connectivity index (χ4v) is 1.79. The molecule has 62 valence electrons. The van der Waals surface area contributed by atoms with Crippen molar-refractivity contribution in [3.05, 3.63) is 0 Å². The summed E-state index contributed by atoms with van der Waals surface area (Å²) in [7, 11) is 0. The number of carbonyl (C=O) groups is 1. The van der Waals surface area contributed by atoms with Gasteiger partial charge in [-0.15, -0.1) is 0 Å². The predicted octanol–water partition coefficient (Wildman–Crippen LogP) is -0.0440. The third kappa shape index (κ3) is 1.38. The Morgan fingerprint density at radius 1 is 1.36 bits per heavy atom. The highest BCUT2D eigenvalue weighted by Crippen LogP contribution is 2.31. The minimum absolute atomic E-state index is 0.117. The topological polar surface area (TPSA) is 46.3 Å². The first-order valence-electron chi connectivity index (χ1n) is 4.31. The quantitative estimate of drug-likeness (QED) is 0.606. The van der Waals surface area contributed by atoms with Crippen molar-refractivity contribution in [2.24, 2.45) is 11.7 Å². The van der Waals surface area contributed by atoms with E-state index in [0.29, 0.717) is 0 Å². The van der Waals surface area contributed by atoms with Gasteiger partial charge < -0.3 is 5.73 Å². The number of carbonyl (C=O) groups excluding carboxylic acids is 1. The van der Waals surface area contributed by atoms with Crippen LogP contribution in [0.25, 0.3) is 0 Å². The van der Waals surface area contributed by atoms with Crippen LogP contribution in [0.3, 0.4) is 0 Å². The lowest BCUT2D eigenvalue weighted by Crippen LogP contribution is -2.28. The normalized spacial score (nSPS) is 32.5. The van der Waals surface area contributed by atoms with Gasteiger partial charge in [0.1, 0.15) is 0 Å². The molecule has 0 aromatic heterocycles. The van der Waals surface area contributed by atoms with E-state index in [1.165, 1.54) is 12.8 Å². The number of hydrogen-bond acceptors (Lipinski definition) is 2.